The molecule has 0 spiro atoms. The van der Waals surface area contributed by atoms with Gasteiger partial charge in [-0.3, -0.25) is 0 Å². The summed E-state index contributed by atoms with van der Waals surface area (Å²) in [6.45, 7) is 0. The molecule has 0 aromatic heterocycles. The fourth-order valence-corrected chi connectivity index (χ4v) is 0. The summed E-state index contributed by atoms with van der Waals surface area (Å²) in [4.78, 5) is 8.33. The summed E-state index contributed by atoms with van der Waals surface area (Å²) in [5.74, 6) is 0. The maximum atomic E-state index is 8.33. The number of hydrogen-bond acceptors (Lipinski definition) is 4. The Labute approximate surface area is 89.0 Å². The normalized spacial score (nSPS) is 3.00. The third kappa shape index (κ3) is 204. The van der Waals surface area contributed by atoms with Crippen molar-refractivity contribution in [2.24, 2.45) is 0 Å². The minimum atomic E-state index is -2.33. The number of carbonyl (C=O) groups is 1. The van der Waals surface area contributed by atoms with Crippen molar-refractivity contribution in [3.63, 3.8) is 0 Å². The van der Waals surface area contributed by atoms with Gasteiger partial charge < -0.3 is 23.3 Å². The molecule has 4 nitrogen and oxygen atoms in total. The monoisotopic (exact) mass is 194 g/mol. The molecule has 0 aliphatic carbocycles. The molecule has 38 valence electrons. The van der Waals surface area contributed by atoms with E-state index in [1.165, 1.54) is 0 Å². The van der Waals surface area contributed by atoms with Crippen molar-refractivity contribution in [1.82, 2.24) is 0 Å². The first-order chi connectivity index (χ1) is 1.73. The maximum Gasteiger partial charge on any atom is 3.00 e. The molecule has 0 saturated heterocycles. The van der Waals surface area contributed by atoms with Gasteiger partial charge in [-0.2, -0.15) is 0 Å². The van der Waals surface area contributed by atoms with Crippen LogP contribution in [0, 0.1) is 0 Å². The van der Waals surface area contributed by atoms with E-state index in [2.05, 4.69) is 0 Å². The number of hydrogen-bond donors (Lipinski definition) is 0. The van der Waals surface area contributed by atoms with Gasteiger partial charge in [-0.1, -0.05) is 0 Å². The Morgan fingerprint density at radius 1 is 1.38 bits per heavy atom. The Balaban J connectivity index is -0.00000000300. The second-order valence-electron chi connectivity index (χ2n) is 0.250. The van der Waals surface area contributed by atoms with E-state index in [4.69, 9.17) is 15.0 Å². The molecule has 0 aromatic rings. The van der Waals surface area contributed by atoms with Crippen LogP contribution < -0.4 is 10.2 Å². The molecule has 0 bridgehead atoms. The number of rotatable bonds is 0. The average molecular weight is 196 g/mol. The van der Waals surface area contributed by atoms with Gasteiger partial charge in [0.2, 0.25) is 0 Å². The Bertz CT molecular complexity index is 46.2. The van der Waals surface area contributed by atoms with Crippen molar-refractivity contribution in [2.45, 2.75) is 0 Å². The molecular weight excluding hydrogens is 193 g/mol. The van der Waals surface area contributed by atoms with Crippen molar-refractivity contribution in [3.05, 3.63) is 0 Å². The zero-order valence-corrected chi connectivity index (χ0v) is 9.70. The molecule has 0 amide bonds. The van der Waals surface area contributed by atoms with Crippen LogP contribution >= 0.6 is 0 Å². The van der Waals surface area contributed by atoms with Crippen molar-refractivity contribution in [2.75, 3.05) is 0 Å². The van der Waals surface area contributed by atoms with Gasteiger partial charge in [0.1, 0.15) is 0 Å². The third-order valence-corrected chi connectivity index (χ3v) is 0. The quantitative estimate of drug-likeness (QED) is 0.382. The van der Waals surface area contributed by atoms with Crippen LogP contribution in [0.4, 0.5) is 4.79 Å². The van der Waals surface area contributed by atoms with E-state index >= 15 is 0 Å². The summed E-state index contributed by atoms with van der Waals surface area (Å²) in [6, 6.07) is 0. The van der Waals surface area contributed by atoms with E-state index in [9.17, 15) is 0 Å². The molecule has 1 N–H and O–H groups in total. The van der Waals surface area contributed by atoms with Gasteiger partial charge in [-0.25, -0.2) is 0 Å². The maximum absolute atomic E-state index is 8.33. The summed E-state index contributed by atoms with van der Waals surface area (Å²) >= 11 is 0. The van der Waals surface area contributed by atoms with Crippen LogP contribution in [-0.2, 0) is 19.5 Å². The molecule has 0 fully saturated rings. The van der Waals surface area contributed by atoms with Gasteiger partial charge in [0.15, 0.2) is 0 Å². The largest absolute Gasteiger partial charge is 3.00 e. The average Bonchev–Trinajstić information content (AvgIpc) is 0.811. The van der Waals surface area contributed by atoms with Crippen LogP contribution in [0.15, 0.2) is 0 Å². The summed E-state index contributed by atoms with van der Waals surface area (Å²) in [7, 11) is 0. The van der Waals surface area contributed by atoms with Crippen LogP contribution in [-0.4, -0.2) is 52.0 Å². The first-order valence-electron chi connectivity index (χ1n) is 0.612. The van der Waals surface area contributed by atoms with Gasteiger partial charge in [-0.15, -0.1) is 0 Å². The van der Waals surface area contributed by atoms with Crippen molar-refractivity contribution in [3.8, 4) is 0 Å². The van der Waals surface area contributed by atoms with Crippen LogP contribution in [0.25, 0.3) is 0 Å². The second kappa shape index (κ2) is 24.2. The number of carboxylic acid groups (broad SMARTS) is 2. The number of carbonyl (C=O) groups excluding carboxylic acids is 1. The van der Waals surface area contributed by atoms with Crippen LogP contribution in [0.2, 0.25) is 0 Å². The topological polar surface area (TPSA) is 93.2 Å². The fourth-order valence-electron chi connectivity index (χ4n) is 0. The van der Waals surface area contributed by atoms with E-state index < -0.39 is 6.16 Å². The molecule has 8 heavy (non-hydrogen) atoms. The molecule has 0 saturated carbocycles. The summed E-state index contributed by atoms with van der Waals surface area (Å²) < 4.78 is 0. The molecular formula is CH3AlMgO4Zn. The third-order valence-electron chi connectivity index (χ3n) is 0. The van der Waals surface area contributed by atoms with E-state index in [0.29, 0.717) is 0 Å². The van der Waals surface area contributed by atoms with Crippen molar-refractivity contribution < 1.29 is 42.8 Å². The molecule has 0 aromatic carbocycles. The summed E-state index contributed by atoms with van der Waals surface area (Å²) in [5.41, 5.74) is 0. The minimum absolute atomic E-state index is 0. The smallest absolute Gasteiger partial charge is 1.00 e. The minimum Gasteiger partial charge on any atom is -1.00 e. The van der Waals surface area contributed by atoms with Crippen LogP contribution in [0.5, 0.6) is 0 Å². The van der Waals surface area contributed by atoms with Gasteiger partial charge in [0, 0.05) is 19.5 Å². The second-order valence-corrected chi connectivity index (χ2v) is 0.250. The molecule has 0 atom stereocenters. The molecule has 0 aliphatic heterocycles. The Kier molecular flexibility index (Phi) is 107. The predicted molar refractivity (Wildman–Crippen MR) is 21.1 cm³/mol. The zero-order chi connectivity index (χ0) is 3.58. The van der Waals surface area contributed by atoms with Gasteiger partial charge in [-0.05, 0) is 6.16 Å². The van der Waals surface area contributed by atoms with E-state index in [0.717, 1.165) is 0 Å². The van der Waals surface area contributed by atoms with Gasteiger partial charge in [0.05, 0.1) is 0 Å². The zero-order valence-electron chi connectivity index (χ0n) is 6.16. The molecule has 0 radical (unpaired) electrons. The molecule has 0 aliphatic rings. The SMILES string of the molecule is O=C([O-])[O-].[Al+3].[H-].[H-].[Mg+2].[OH-].[Zn]. The van der Waals surface area contributed by atoms with Crippen LogP contribution in [0.3, 0.4) is 0 Å². The Morgan fingerprint density at radius 2 is 1.38 bits per heavy atom. The summed E-state index contributed by atoms with van der Waals surface area (Å²) in [5, 5.41) is 16.7. The standard InChI is InChI=1S/CH2O3.Al.Mg.H2O.Zn.2H/c2-1(3)4;;;;;;/h(H2,2,3,4);;;1H2;;;/q;+3;+2;;;2*-1/p-3. The van der Waals surface area contributed by atoms with Gasteiger partial charge >= 0.3 is 40.4 Å². The predicted octanol–water partition coefficient (Wildman–Crippen LogP) is -3.16. The molecule has 0 rings (SSSR count). The van der Waals surface area contributed by atoms with E-state index in [1.807, 2.05) is 0 Å². The Hall–Kier alpha value is 1.15. The summed E-state index contributed by atoms with van der Waals surface area (Å²) in [6.07, 6.45) is -2.33. The fraction of sp³-hybridized carbons (Fsp3) is 0. The van der Waals surface area contributed by atoms with Crippen molar-refractivity contribution in [1.29, 1.82) is 0 Å². The van der Waals surface area contributed by atoms with Gasteiger partial charge in [0.25, 0.3) is 0 Å². The first-order valence-corrected chi connectivity index (χ1v) is 0.612. The molecule has 7 heteroatoms. The molecule has 0 heterocycles. The van der Waals surface area contributed by atoms with E-state index in [-0.39, 0.29) is 68.2 Å². The molecule has 0 unspecified atom stereocenters. The van der Waals surface area contributed by atoms with E-state index in [1.54, 1.807) is 0 Å². The first kappa shape index (κ1) is 35.3. The van der Waals surface area contributed by atoms with Crippen molar-refractivity contribution >= 4 is 46.6 Å². The Morgan fingerprint density at radius 3 is 1.38 bits per heavy atom. The van der Waals surface area contributed by atoms with Crippen LogP contribution in [0.1, 0.15) is 2.85 Å².